The van der Waals surface area contributed by atoms with E-state index >= 15 is 0 Å². The second-order valence-corrected chi connectivity index (χ2v) is 2.84. The molecule has 0 saturated heterocycles. The lowest BCUT2D eigenvalue weighted by Crippen LogP contribution is -2.37. The van der Waals surface area contributed by atoms with Crippen LogP contribution in [0.2, 0.25) is 0 Å². The highest BCUT2D eigenvalue weighted by Gasteiger charge is 2.13. The summed E-state index contributed by atoms with van der Waals surface area (Å²) in [6.07, 6.45) is 2.74. The van der Waals surface area contributed by atoms with E-state index in [-0.39, 0.29) is 0 Å². The Hall–Kier alpha value is -0.0800. The molecule has 1 N–H and O–H groups in total. The minimum atomic E-state index is 0.338. The summed E-state index contributed by atoms with van der Waals surface area (Å²) in [6, 6.07) is 0.514. The molecule has 0 fully saturated rings. The van der Waals surface area contributed by atoms with Crippen molar-refractivity contribution >= 4 is 0 Å². The van der Waals surface area contributed by atoms with Crippen molar-refractivity contribution in [1.82, 2.24) is 5.32 Å². The Labute approximate surface area is 70.3 Å². The average Bonchev–Trinajstić information content (AvgIpc) is 2.00. The molecule has 0 rings (SSSR count). The standard InChI is InChI=1S/C9H21NO/c1-5-7-9(10-4)8(3)11-6-2/h8-10H,5-7H2,1-4H3. The van der Waals surface area contributed by atoms with Crippen LogP contribution in [0.25, 0.3) is 0 Å². The smallest absolute Gasteiger partial charge is 0.0699 e. The van der Waals surface area contributed by atoms with Crippen LogP contribution in [-0.2, 0) is 4.74 Å². The van der Waals surface area contributed by atoms with E-state index in [0.717, 1.165) is 6.61 Å². The maximum absolute atomic E-state index is 5.48. The number of likely N-dealkylation sites (N-methyl/N-ethyl adjacent to an activating group) is 1. The topological polar surface area (TPSA) is 21.3 Å². The lowest BCUT2D eigenvalue weighted by atomic mass is 10.1. The Morgan fingerprint density at radius 1 is 1.36 bits per heavy atom. The van der Waals surface area contributed by atoms with Crippen molar-refractivity contribution in [3.05, 3.63) is 0 Å². The van der Waals surface area contributed by atoms with Gasteiger partial charge in [-0.25, -0.2) is 0 Å². The first-order valence-corrected chi connectivity index (χ1v) is 4.55. The zero-order valence-electron chi connectivity index (χ0n) is 8.18. The molecule has 0 aliphatic rings. The molecule has 0 radical (unpaired) electrons. The summed E-state index contributed by atoms with van der Waals surface area (Å²) in [5.41, 5.74) is 0. The Bertz CT molecular complexity index is 85.6. The third-order valence-electron chi connectivity index (χ3n) is 1.97. The molecule has 0 aliphatic carbocycles. The zero-order valence-corrected chi connectivity index (χ0v) is 8.18. The lowest BCUT2D eigenvalue weighted by molar-refractivity contribution is 0.0471. The zero-order chi connectivity index (χ0) is 8.69. The molecular formula is C9H21NO. The summed E-state index contributed by atoms with van der Waals surface area (Å²) in [7, 11) is 2.00. The van der Waals surface area contributed by atoms with Gasteiger partial charge in [0.1, 0.15) is 0 Å². The van der Waals surface area contributed by atoms with Crippen molar-refractivity contribution in [1.29, 1.82) is 0 Å². The van der Waals surface area contributed by atoms with Crippen LogP contribution in [0.5, 0.6) is 0 Å². The SMILES string of the molecule is CCCC(NC)C(C)OCC. The van der Waals surface area contributed by atoms with Crippen LogP contribution in [0.4, 0.5) is 0 Å². The lowest BCUT2D eigenvalue weighted by Gasteiger charge is -2.22. The van der Waals surface area contributed by atoms with Gasteiger partial charge in [0, 0.05) is 12.6 Å². The molecular weight excluding hydrogens is 138 g/mol. The maximum Gasteiger partial charge on any atom is 0.0699 e. The number of ether oxygens (including phenoxy) is 1. The van der Waals surface area contributed by atoms with Gasteiger partial charge in [-0.3, -0.25) is 0 Å². The normalized spacial score (nSPS) is 16.4. The molecule has 0 heterocycles. The summed E-state index contributed by atoms with van der Waals surface area (Å²) < 4.78 is 5.48. The van der Waals surface area contributed by atoms with Crippen LogP contribution in [-0.4, -0.2) is 25.8 Å². The first kappa shape index (κ1) is 10.9. The monoisotopic (exact) mass is 159 g/mol. The van der Waals surface area contributed by atoms with Gasteiger partial charge in [-0.2, -0.15) is 0 Å². The molecule has 2 atom stereocenters. The van der Waals surface area contributed by atoms with Crippen molar-refractivity contribution in [2.24, 2.45) is 0 Å². The van der Waals surface area contributed by atoms with E-state index < -0.39 is 0 Å². The molecule has 2 unspecified atom stereocenters. The highest BCUT2D eigenvalue weighted by molar-refractivity contribution is 4.70. The van der Waals surface area contributed by atoms with Crippen LogP contribution in [0.1, 0.15) is 33.6 Å². The molecule has 0 saturated carbocycles. The van der Waals surface area contributed by atoms with E-state index in [1.807, 2.05) is 14.0 Å². The molecule has 68 valence electrons. The van der Waals surface area contributed by atoms with Crippen molar-refractivity contribution in [3.63, 3.8) is 0 Å². The van der Waals surface area contributed by atoms with E-state index in [1.165, 1.54) is 12.8 Å². The van der Waals surface area contributed by atoms with E-state index in [4.69, 9.17) is 4.74 Å². The Balaban J connectivity index is 3.61. The van der Waals surface area contributed by atoms with Crippen molar-refractivity contribution in [3.8, 4) is 0 Å². The van der Waals surface area contributed by atoms with Crippen LogP contribution in [0.3, 0.4) is 0 Å². The molecule has 0 spiro atoms. The highest BCUT2D eigenvalue weighted by atomic mass is 16.5. The number of hydrogen-bond donors (Lipinski definition) is 1. The quantitative estimate of drug-likeness (QED) is 0.638. The summed E-state index contributed by atoms with van der Waals surface area (Å²) in [4.78, 5) is 0. The number of nitrogens with one attached hydrogen (secondary N) is 1. The summed E-state index contributed by atoms with van der Waals surface area (Å²) in [5, 5.41) is 3.26. The second-order valence-electron chi connectivity index (χ2n) is 2.84. The van der Waals surface area contributed by atoms with Crippen LogP contribution in [0, 0.1) is 0 Å². The van der Waals surface area contributed by atoms with Gasteiger partial charge in [-0.1, -0.05) is 13.3 Å². The van der Waals surface area contributed by atoms with Gasteiger partial charge in [0.2, 0.25) is 0 Å². The molecule has 11 heavy (non-hydrogen) atoms. The van der Waals surface area contributed by atoms with Crippen molar-refractivity contribution in [2.75, 3.05) is 13.7 Å². The molecule has 2 heteroatoms. The molecule has 0 aromatic heterocycles. The minimum Gasteiger partial charge on any atom is -0.377 e. The third kappa shape index (κ3) is 4.38. The van der Waals surface area contributed by atoms with Gasteiger partial charge in [-0.15, -0.1) is 0 Å². The third-order valence-corrected chi connectivity index (χ3v) is 1.97. The van der Waals surface area contributed by atoms with Gasteiger partial charge >= 0.3 is 0 Å². The van der Waals surface area contributed by atoms with Gasteiger partial charge in [0.25, 0.3) is 0 Å². The predicted molar refractivity (Wildman–Crippen MR) is 48.8 cm³/mol. The maximum atomic E-state index is 5.48. The average molecular weight is 159 g/mol. The van der Waals surface area contributed by atoms with Crippen LogP contribution in [0.15, 0.2) is 0 Å². The van der Waals surface area contributed by atoms with Crippen molar-refractivity contribution in [2.45, 2.75) is 45.8 Å². The molecule has 0 aliphatic heterocycles. The summed E-state index contributed by atoms with van der Waals surface area (Å²) in [5.74, 6) is 0. The predicted octanol–water partition coefficient (Wildman–Crippen LogP) is 1.80. The molecule has 0 aromatic rings. The van der Waals surface area contributed by atoms with Gasteiger partial charge in [0.05, 0.1) is 6.10 Å². The van der Waals surface area contributed by atoms with Crippen molar-refractivity contribution < 1.29 is 4.74 Å². The first-order chi connectivity index (χ1) is 5.26. The van der Waals surface area contributed by atoms with Gasteiger partial charge < -0.3 is 10.1 Å². The molecule has 2 nitrogen and oxygen atoms in total. The number of rotatable bonds is 6. The fraction of sp³-hybridized carbons (Fsp3) is 1.00. The van der Waals surface area contributed by atoms with Crippen LogP contribution < -0.4 is 5.32 Å². The summed E-state index contributed by atoms with van der Waals surface area (Å²) >= 11 is 0. The van der Waals surface area contributed by atoms with E-state index in [9.17, 15) is 0 Å². The molecule has 0 aromatic carbocycles. The molecule has 0 amide bonds. The van der Waals surface area contributed by atoms with E-state index in [1.54, 1.807) is 0 Å². The minimum absolute atomic E-state index is 0.338. The van der Waals surface area contributed by atoms with E-state index in [2.05, 4.69) is 19.2 Å². The van der Waals surface area contributed by atoms with Gasteiger partial charge in [0.15, 0.2) is 0 Å². The Kier molecular flexibility index (Phi) is 6.57. The Morgan fingerprint density at radius 2 is 2.00 bits per heavy atom. The highest BCUT2D eigenvalue weighted by Crippen LogP contribution is 2.04. The largest absolute Gasteiger partial charge is 0.377 e. The van der Waals surface area contributed by atoms with Crippen LogP contribution >= 0.6 is 0 Å². The Morgan fingerprint density at radius 3 is 2.36 bits per heavy atom. The number of hydrogen-bond acceptors (Lipinski definition) is 2. The first-order valence-electron chi connectivity index (χ1n) is 4.55. The second kappa shape index (κ2) is 6.62. The fourth-order valence-electron chi connectivity index (χ4n) is 1.30. The molecule has 0 bridgehead atoms. The van der Waals surface area contributed by atoms with Gasteiger partial charge in [-0.05, 0) is 27.3 Å². The fourth-order valence-corrected chi connectivity index (χ4v) is 1.30. The van der Waals surface area contributed by atoms with E-state index in [0.29, 0.717) is 12.1 Å². The summed E-state index contributed by atoms with van der Waals surface area (Å²) in [6.45, 7) is 7.17.